The fraction of sp³-hybridized carbons (Fsp3) is 0.300. The molecule has 0 saturated carbocycles. The Bertz CT molecular complexity index is 996. The zero-order valence-electron chi connectivity index (χ0n) is 15.7. The fourth-order valence-electron chi connectivity index (χ4n) is 3.00. The van der Waals surface area contributed by atoms with E-state index in [0.717, 1.165) is 52.5 Å². The number of para-hydroxylation sites is 1. The molecule has 1 N–H and O–H groups in total. The number of pyridine rings is 1. The highest BCUT2D eigenvalue weighted by atomic mass is 79.9. The molecule has 4 rings (SSSR count). The summed E-state index contributed by atoms with van der Waals surface area (Å²) in [5, 5.41) is 4.58. The Balaban J connectivity index is 1.47. The van der Waals surface area contributed by atoms with Crippen LogP contribution in [0.5, 0.6) is 0 Å². The van der Waals surface area contributed by atoms with E-state index in [1.165, 1.54) is 11.8 Å². The Kier molecular flexibility index (Phi) is 6.70. The molecule has 0 radical (unpaired) electrons. The van der Waals surface area contributed by atoms with Crippen LogP contribution in [0.1, 0.15) is 5.82 Å². The number of nitrogens with one attached hydrogen (secondary N) is 1. The van der Waals surface area contributed by atoms with Crippen molar-refractivity contribution in [3.8, 4) is 0 Å². The molecule has 0 unspecified atom stereocenters. The number of nitrogens with zero attached hydrogens (tertiary/aromatic N) is 4. The molecule has 0 spiro atoms. The predicted molar refractivity (Wildman–Crippen MR) is 117 cm³/mol. The van der Waals surface area contributed by atoms with Crippen LogP contribution in [-0.2, 0) is 16.1 Å². The van der Waals surface area contributed by atoms with E-state index in [4.69, 9.17) is 14.7 Å². The van der Waals surface area contributed by atoms with E-state index in [1.54, 1.807) is 12.3 Å². The van der Waals surface area contributed by atoms with E-state index in [0.29, 0.717) is 12.4 Å². The number of fused-ring (bicyclic) bond motifs is 1. The van der Waals surface area contributed by atoms with Crippen LogP contribution in [0.15, 0.2) is 52.1 Å². The molecule has 1 saturated heterocycles. The molecule has 0 atom stereocenters. The number of ether oxygens (including phenoxy) is 1. The maximum Gasteiger partial charge on any atom is 0.235 e. The van der Waals surface area contributed by atoms with Crippen LogP contribution in [-0.4, -0.2) is 57.8 Å². The van der Waals surface area contributed by atoms with Gasteiger partial charge in [0.15, 0.2) is 0 Å². The first-order valence-electron chi connectivity index (χ1n) is 9.27. The van der Waals surface area contributed by atoms with Crippen molar-refractivity contribution in [3.63, 3.8) is 0 Å². The maximum absolute atomic E-state index is 12.4. The van der Waals surface area contributed by atoms with Gasteiger partial charge in [0.25, 0.3) is 0 Å². The second-order valence-corrected chi connectivity index (χ2v) is 8.43. The Morgan fingerprint density at radius 2 is 2.00 bits per heavy atom. The van der Waals surface area contributed by atoms with Crippen LogP contribution in [0.3, 0.4) is 0 Å². The number of carbonyl (C=O) groups is 1. The highest BCUT2D eigenvalue weighted by Gasteiger charge is 2.15. The largest absolute Gasteiger partial charge is 0.379 e. The van der Waals surface area contributed by atoms with E-state index in [2.05, 4.69) is 31.1 Å². The van der Waals surface area contributed by atoms with E-state index >= 15 is 0 Å². The van der Waals surface area contributed by atoms with Crippen LogP contribution in [0.2, 0.25) is 0 Å². The summed E-state index contributed by atoms with van der Waals surface area (Å²) in [6.07, 6.45) is 1.65. The lowest BCUT2D eigenvalue weighted by atomic mass is 10.2. The van der Waals surface area contributed by atoms with Crippen LogP contribution in [0, 0.1) is 0 Å². The van der Waals surface area contributed by atoms with Gasteiger partial charge in [0.05, 0.1) is 31.0 Å². The topological polar surface area (TPSA) is 80.2 Å². The number of hydrogen-bond donors (Lipinski definition) is 1. The van der Waals surface area contributed by atoms with Gasteiger partial charge in [-0.25, -0.2) is 15.0 Å². The predicted octanol–water partition coefficient (Wildman–Crippen LogP) is 3.35. The first-order chi connectivity index (χ1) is 14.2. The maximum atomic E-state index is 12.4. The van der Waals surface area contributed by atoms with Crippen LogP contribution in [0.25, 0.3) is 10.9 Å². The molecule has 0 aliphatic carbocycles. The second-order valence-electron chi connectivity index (χ2n) is 6.55. The summed E-state index contributed by atoms with van der Waals surface area (Å²) >= 11 is 4.75. The Hall–Kier alpha value is -2.07. The lowest BCUT2D eigenvalue weighted by molar-refractivity contribution is -0.113. The highest BCUT2D eigenvalue weighted by molar-refractivity contribution is 9.10. The Morgan fingerprint density at radius 1 is 1.17 bits per heavy atom. The number of rotatable bonds is 6. The lowest BCUT2D eigenvalue weighted by Gasteiger charge is -2.25. The van der Waals surface area contributed by atoms with Crippen molar-refractivity contribution in [1.29, 1.82) is 0 Å². The smallest absolute Gasteiger partial charge is 0.235 e. The van der Waals surface area contributed by atoms with Gasteiger partial charge in [0.2, 0.25) is 5.91 Å². The van der Waals surface area contributed by atoms with Gasteiger partial charge in [-0.05, 0) is 34.1 Å². The summed E-state index contributed by atoms with van der Waals surface area (Å²) in [5.74, 6) is 1.42. The minimum Gasteiger partial charge on any atom is -0.379 e. The second kappa shape index (κ2) is 9.62. The third-order valence-corrected chi connectivity index (χ3v) is 5.88. The average molecular weight is 474 g/mol. The lowest BCUT2D eigenvalue weighted by Crippen LogP contribution is -2.36. The zero-order valence-corrected chi connectivity index (χ0v) is 18.1. The molecule has 0 bridgehead atoms. The van der Waals surface area contributed by atoms with Gasteiger partial charge in [-0.15, -0.1) is 0 Å². The molecule has 7 nitrogen and oxygen atoms in total. The molecule has 150 valence electrons. The summed E-state index contributed by atoms with van der Waals surface area (Å²) < 4.78 is 6.28. The molecule has 2 aromatic heterocycles. The van der Waals surface area contributed by atoms with Gasteiger partial charge in [-0.1, -0.05) is 30.0 Å². The monoisotopic (exact) mass is 473 g/mol. The molecule has 1 amide bonds. The quantitative estimate of drug-likeness (QED) is 0.434. The molecule has 3 aromatic rings. The number of anilines is 1. The van der Waals surface area contributed by atoms with Gasteiger partial charge >= 0.3 is 0 Å². The van der Waals surface area contributed by atoms with Crippen molar-refractivity contribution >= 4 is 50.3 Å². The summed E-state index contributed by atoms with van der Waals surface area (Å²) in [5.41, 5.74) is 0.892. The standard InChI is InChI=1S/C20H20BrN5O2S/c21-14-5-6-17(22-11-14)24-19(27)13-29-20-15-3-1-2-4-16(15)23-18(25-20)12-26-7-9-28-10-8-26/h1-6,11H,7-10,12-13H2,(H,22,24,27). The van der Waals surface area contributed by atoms with E-state index in [-0.39, 0.29) is 11.7 Å². The minimum absolute atomic E-state index is 0.123. The summed E-state index contributed by atoms with van der Waals surface area (Å²) in [7, 11) is 0. The van der Waals surface area contributed by atoms with E-state index in [1.807, 2.05) is 30.3 Å². The van der Waals surface area contributed by atoms with Gasteiger partial charge in [-0.2, -0.15) is 0 Å². The number of hydrogen-bond acceptors (Lipinski definition) is 7. The summed E-state index contributed by atoms with van der Waals surface area (Å²) in [6.45, 7) is 3.90. The number of aromatic nitrogens is 3. The van der Waals surface area contributed by atoms with Crippen LogP contribution >= 0.6 is 27.7 Å². The molecule has 3 heterocycles. The zero-order chi connectivity index (χ0) is 20.1. The molecule has 1 aliphatic heterocycles. The highest BCUT2D eigenvalue weighted by Crippen LogP contribution is 2.26. The number of thioether (sulfide) groups is 1. The number of amides is 1. The van der Waals surface area contributed by atoms with Gasteiger partial charge in [0.1, 0.15) is 16.7 Å². The molecule has 1 fully saturated rings. The first kappa shape index (κ1) is 20.2. The van der Waals surface area contributed by atoms with Crippen molar-refractivity contribution in [2.75, 3.05) is 37.4 Å². The van der Waals surface area contributed by atoms with Crippen molar-refractivity contribution in [1.82, 2.24) is 19.9 Å². The van der Waals surface area contributed by atoms with Crippen molar-refractivity contribution in [2.45, 2.75) is 11.6 Å². The summed E-state index contributed by atoms with van der Waals surface area (Å²) in [6, 6.07) is 11.5. The first-order valence-corrected chi connectivity index (χ1v) is 11.1. The molecular weight excluding hydrogens is 454 g/mol. The normalized spacial score (nSPS) is 14.8. The molecule has 29 heavy (non-hydrogen) atoms. The number of halogens is 1. The van der Waals surface area contributed by atoms with Crippen LogP contribution < -0.4 is 5.32 Å². The van der Waals surface area contributed by atoms with Gasteiger partial charge < -0.3 is 10.1 Å². The Morgan fingerprint density at radius 3 is 2.79 bits per heavy atom. The van der Waals surface area contributed by atoms with Gasteiger partial charge in [-0.3, -0.25) is 9.69 Å². The number of carbonyl (C=O) groups excluding carboxylic acids is 1. The average Bonchev–Trinajstić information content (AvgIpc) is 2.74. The Labute approximate surface area is 181 Å². The van der Waals surface area contributed by atoms with Gasteiger partial charge in [0, 0.05) is 29.1 Å². The number of benzene rings is 1. The van der Waals surface area contributed by atoms with E-state index < -0.39 is 0 Å². The van der Waals surface area contributed by atoms with Crippen LogP contribution in [0.4, 0.5) is 5.82 Å². The molecular formula is C20H20BrN5O2S. The fourth-order valence-corrected chi connectivity index (χ4v) is 4.07. The minimum atomic E-state index is -0.123. The number of morpholine rings is 1. The molecule has 9 heteroatoms. The molecule has 1 aromatic carbocycles. The molecule has 1 aliphatic rings. The third-order valence-electron chi connectivity index (χ3n) is 4.42. The SMILES string of the molecule is O=C(CSc1nc(CN2CCOCC2)nc2ccccc12)Nc1ccc(Br)cn1. The van der Waals surface area contributed by atoms with Crippen molar-refractivity contribution in [2.24, 2.45) is 0 Å². The van der Waals surface area contributed by atoms with Crippen molar-refractivity contribution < 1.29 is 9.53 Å². The van der Waals surface area contributed by atoms with Crippen molar-refractivity contribution in [3.05, 3.63) is 52.9 Å². The van der Waals surface area contributed by atoms with E-state index in [9.17, 15) is 4.79 Å². The third kappa shape index (κ3) is 5.51. The summed E-state index contributed by atoms with van der Waals surface area (Å²) in [4.78, 5) is 28.3.